The normalized spacial score (nSPS) is 12.6. The fraction of sp³-hybridized carbons (Fsp3) is 0.308. The van der Waals surface area contributed by atoms with Crippen molar-refractivity contribution in [2.75, 3.05) is 6.26 Å². The number of amides is 1. The Morgan fingerprint density at radius 1 is 1.26 bits per heavy atom. The molecule has 0 fully saturated rings. The van der Waals surface area contributed by atoms with E-state index < -0.39 is 14.7 Å². The van der Waals surface area contributed by atoms with Crippen LogP contribution in [-0.2, 0) is 9.84 Å². The van der Waals surface area contributed by atoms with Gasteiger partial charge in [0.2, 0.25) is 0 Å². The van der Waals surface area contributed by atoms with Crippen LogP contribution < -0.4 is 5.32 Å². The van der Waals surface area contributed by atoms with Gasteiger partial charge in [0.05, 0.1) is 4.88 Å². The molecule has 0 unspecified atom stereocenters. The van der Waals surface area contributed by atoms with Crippen LogP contribution in [0.2, 0.25) is 0 Å². The molecule has 0 radical (unpaired) electrons. The van der Waals surface area contributed by atoms with E-state index in [1.54, 1.807) is 6.07 Å². The molecule has 1 aromatic heterocycles. The van der Waals surface area contributed by atoms with Gasteiger partial charge in [0.25, 0.3) is 5.91 Å². The Bertz CT molecular complexity index is 696. The van der Waals surface area contributed by atoms with Crippen molar-refractivity contribution in [1.82, 2.24) is 5.32 Å². The van der Waals surface area contributed by atoms with Crippen LogP contribution in [0.4, 0.5) is 0 Å². The van der Waals surface area contributed by atoms with E-state index in [9.17, 15) is 13.2 Å². The van der Waals surface area contributed by atoms with E-state index >= 15 is 0 Å². The molecule has 0 aliphatic carbocycles. The highest BCUT2D eigenvalue weighted by atomic mass is 32.2. The first-order chi connectivity index (χ1) is 8.71. The Kier molecular flexibility index (Phi) is 3.40. The summed E-state index contributed by atoms with van der Waals surface area (Å²) in [7, 11) is -3.36. The fourth-order valence-electron chi connectivity index (χ4n) is 1.52. The zero-order valence-corrected chi connectivity index (χ0v) is 12.6. The number of carbonyl (C=O) groups excluding carboxylic acids is 1. The summed E-state index contributed by atoms with van der Waals surface area (Å²) in [5.41, 5.74) is 0. The molecule has 1 heterocycles. The number of nitrogens with one attached hydrogen (secondary N) is 1. The first-order valence-corrected chi connectivity index (χ1v) is 8.42. The van der Waals surface area contributed by atoms with Crippen molar-refractivity contribution in [3.63, 3.8) is 0 Å². The summed E-state index contributed by atoms with van der Waals surface area (Å²) in [4.78, 5) is 11.3. The maximum Gasteiger partial charge on any atom is 0.262 e. The summed E-state index contributed by atoms with van der Waals surface area (Å²) < 4.78 is 24.2. The lowest BCUT2D eigenvalue weighted by Gasteiger charge is -2.23. The van der Waals surface area contributed by atoms with Gasteiger partial charge in [0.1, 0.15) is 4.87 Å². The Morgan fingerprint density at radius 2 is 1.89 bits per heavy atom. The molecule has 102 valence electrons. The Balaban J connectivity index is 2.30. The molecule has 0 bridgehead atoms. The van der Waals surface area contributed by atoms with Crippen LogP contribution in [0, 0.1) is 0 Å². The molecule has 0 aliphatic heterocycles. The van der Waals surface area contributed by atoms with Crippen LogP contribution in [0.5, 0.6) is 0 Å². The Labute approximate surface area is 116 Å². The van der Waals surface area contributed by atoms with Gasteiger partial charge in [0, 0.05) is 11.0 Å². The monoisotopic (exact) mass is 297 g/mol. The molecule has 19 heavy (non-hydrogen) atoms. The maximum atomic E-state index is 12.1. The highest BCUT2D eigenvalue weighted by molar-refractivity contribution is 7.92. The fourth-order valence-corrected chi connectivity index (χ4v) is 2.76. The molecule has 0 atom stereocenters. The van der Waals surface area contributed by atoms with Gasteiger partial charge in [-0.05, 0) is 31.4 Å². The van der Waals surface area contributed by atoms with Crippen molar-refractivity contribution < 1.29 is 13.2 Å². The predicted octanol–water partition coefficient (Wildman–Crippen LogP) is 2.41. The van der Waals surface area contributed by atoms with Crippen LogP contribution in [0.1, 0.15) is 23.5 Å². The summed E-state index contributed by atoms with van der Waals surface area (Å²) in [5, 5.41) is 3.54. The molecule has 0 aliphatic rings. The average molecular weight is 297 g/mol. The van der Waals surface area contributed by atoms with Gasteiger partial charge < -0.3 is 5.32 Å². The first kappa shape index (κ1) is 14.0. The lowest BCUT2D eigenvalue weighted by molar-refractivity contribution is 0.0938. The van der Waals surface area contributed by atoms with Crippen molar-refractivity contribution in [3.8, 4) is 0 Å². The number of fused-ring (bicyclic) bond motifs is 1. The second-order valence-electron chi connectivity index (χ2n) is 4.89. The molecule has 4 nitrogen and oxygen atoms in total. The van der Waals surface area contributed by atoms with E-state index in [1.807, 2.05) is 24.3 Å². The number of benzene rings is 1. The standard InChI is InChI=1S/C13H15NO3S2/c1-13(2,19(3,16)17)14-12(15)11-8-9-6-4-5-7-10(9)18-11/h4-8H,1-3H3,(H,14,15). The molecular weight excluding hydrogens is 282 g/mol. The van der Waals surface area contributed by atoms with E-state index in [-0.39, 0.29) is 5.91 Å². The van der Waals surface area contributed by atoms with E-state index in [0.717, 1.165) is 16.3 Å². The SMILES string of the molecule is CC(C)(NC(=O)c1cc2ccccc2s1)S(C)(=O)=O. The summed E-state index contributed by atoms with van der Waals surface area (Å²) in [6.07, 6.45) is 1.11. The summed E-state index contributed by atoms with van der Waals surface area (Å²) in [6.45, 7) is 2.96. The number of carbonyl (C=O) groups is 1. The smallest absolute Gasteiger partial charge is 0.262 e. The van der Waals surface area contributed by atoms with Crippen molar-refractivity contribution in [3.05, 3.63) is 35.2 Å². The minimum Gasteiger partial charge on any atom is -0.333 e. The van der Waals surface area contributed by atoms with Crippen LogP contribution >= 0.6 is 11.3 Å². The third-order valence-corrected chi connectivity index (χ3v) is 6.06. The first-order valence-electron chi connectivity index (χ1n) is 5.71. The third-order valence-electron chi connectivity index (χ3n) is 2.99. The molecule has 1 amide bonds. The number of rotatable bonds is 3. The minimum absolute atomic E-state index is 0.364. The van der Waals surface area contributed by atoms with E-state index in [0.29, 0.717) is 4.88 Å². The van der Waals surface area contributed by atoms with E-state index in [2.05, 4.69) is 5.32 Å². The Hall–Kier alpha value is -1.40. The quantitative estimate of drug-likeness (QED) is 0.946. The molecule has 0 spiro atoms. The number of sulfone groups is 1. The van der Waals surface area contributed by atoms with Gasteiger partial charge >= 0.3 is 0 Å². The maximum absolute atomic E-state index is 12.1. The molecular formula is C13H15NO3S2. The molecule has 1 N–H and O–H groups in total. The summed E-state index contributed by atoms with van der Waals surface area (Å²) in [5.74, 6) is -0.364. The van der Waals surface area contributed by atoms with Crippen molar-refractivity contribution >= 4 is 37.2 Å². The van der Waals surface area contributed by atoms with Gasteiger partial charge in [-0.3, -0.25) is 4.79 Å². The minimum atomic E-state index is -3.36. The summed E-state index contributed by atoms with van der Waals surface area (Å²) >= 11 is 1.35. The number of thiophene rings is 1. The molecule has 0 saturated carbocycles. The van der Waals surface area contributed by atoms with Crippen LogP contribution in [0.25, 0.3) is 10.1 Å². The van der Waals surface area contributed by atoms with Gasteiger partial charge in [-0.1, -0.05) is 18.2 Å². The molecule has 0 saturated heterocycles. The lowest BCUT2D eigenvalue weighted by Crippen LogP contribution is -2.48. The molecule has 6 heteroatoms. The second kappa shape index (κ2) is 4.61. The van der Waals surface area contributed by atoms with Gasteiger partial charge in [-0.2, -0.15) is 0 Å². The molecule has 2 aromatic rings. The predicted molar refractivity (Wildman–Crippen MR) is 78.2 cm³/mol. The highest BCUT2D eigenvalue weighted by Gasteiger charge is 2.32. The molecule has 1 aromatic carbocycles. The Morgan fingerprint density at radius 3 is 2.47 bits per heavy atom. The van der Waals surface area contributed by atoms with Gasteiger partial charge in [-0.15, -0.1) is 11.3 Å². The largest absolute Gasteiger partial charge is 0.333 e. The van der Waals surface area contributed by atoms with Crippen LogP contribution in [-0.4, -0.2) is 25.5 Å². The average Bonchev–Trinajstić information content (AvgIpc) is 2.70. The lowest BCUT2D eigenvalue weighted by atomic mass is 10.2. The summed E-state index contributed by atoms with van der Waals surface area (Å²) in [6, 6.07) is 9.43. The van der Waals surface area contributed by atoms with Crippen molar-refractivity contribution in [2.24, 2.45) is 0 Å². The number of hydrogen-bond donors (Lipinski definition) is 1. The van der Waals surface area contributed by atoms with E-state index in [4.69, 9.17) is 0 Å². The van der Waals surface area contributed by atoms with Gasteiger partial charge in [-0.25, -0.2) is 8.42 Å². The van der Waals surface area contributed by atoms with Crippen LogP contribution in [0.3, 0.4) is 0 Å². The number of hydrogen-bond acceptors (Lipinski definition) is 4. The van der Waals surface area contributed by atoms with Crippen molar-refractivity contribution in [1.29, 1.82) is 0 Å². The zero-order chi connectivity index (χ0) is 14.3. The van der Waals surface area contributed by atoms with E-state index in [1.165, 1.54) is 25.2 Å². The highest BCUT2D eigenvalue weighted by Crippen LogP contribution is 2.25. The van der Waals surface area contributed by atoms with Gasteiger partial charge in [0.15, 0.2) is 9.84 Å². The topological polar surface area (TPSA) is 63.2 Å². The van der Waals surface area contributed by atoms with Crippen LogP contribution in [0.15, 0.2) is 30.3 Å². The van der Waals surface area contributed by atoms with Crippen molar-refractivity contribution in [2.45, 2.75) is 18.7 Å². The second-order valence-corrected chi connectivity index (χ2v) is 8.53. The third kappa shape index (κ3) is 2.79. The molecule has 2 rings (SSSR count). The zero-order valence-electron chi connectivity index (χ0n) is 10.9.